The van der Waals surface area contributed by atoms with Crippen LogP contribution in [0.25, 0.3) is 0 Å². The van der Waals surface area contributed by atoms with Crippen molar-refractivity contribution in [1.82, 2.24) is 4.90 Å². The molecule has 4 nitrogen and oxygen atoms in total. The predicted molar refractivity (Wildman–Crippen MR) is 90.1 cm³/mol. The molecule has 1 heterocycles. The van der Waals surface area contributed by atoms with Crippen molar-refractivity contribution >= 4 is 0 Å². The Balaban J connectivity index is 1.65. The van der Waals surface area contributed by atoms with E-state index in [4.69, 9.17) is 9.47 Å². The van der Waals surface area contributed by atoms with Crippen LogP contribution in [0.3, 0.4) is 0 Å². The van der Waals surface area contributed by atoms with Crippen LogP contribution >= 0.6 is 0 Å². The van der Waals surface area contributed by atoms with Gasteiger partial charge in [-0.1, -0.05) is 38.1 Å². The SMILES string of the molecule is CCN(CC)Cc1ccc(C2(O)CCC3(CC2)OCCO3)cc1. The van der Waals surface area contributed by atoms with Gasteiger partial charge in [0.05, 0.1) is 18.8 Å². The maximum Gasteiger partial charge on any atom is 0.168 e. The maximum atomic E-state index is 11.0. The standard InChI is InChI=1S/C19H29NO3/c1-3-20(4-2)15-16-5-7-17(8-6-16)18(21)9-11-19(12-10-18)22-13-14-23-19/h5-8,21H,3-4,9-15H2,1-2H3. The predicted octanol–water partition coefficient (Wildman–Crippen LogP) is 3.03. The Bertz CT molecular complexity index is 494. The first-order valence-electron chi connectivity index (χ1n) is 8.91. The van der Waals surface area contributed by atoms with E-state index in [1.165, 1.54) is 5.56 Å². The molecule has 4 heteroatoms. The van der Waals surface area contributed by atoms with Gasteiger partial charge in [0, 0.05) is 19.4 Å². The van der Waals surface area contributed by atoms with Crippen molar-refractivity contribution in [1.29, 1.82) is 0 Å². The van der Waals surface area contributed by atoms with Gasteiger partial charge < -0.3 is 14.6 Å². The lowest BCUT2D eigenvalue weighted by Gasteiger charge is -2.40. The van der Waals surface area contributed by atoms with Gasteiger partial charge >= 0.3 is 0 Å². The minimum absolute atomic E-state index is 0.422. The maximum absolute atomic E-state index is 11.0. The van der Waals surface area contributed by atoms with Gasteiger partial charge in [0.1, 0.15) is 0 Å². The zero-order valence-corrected chi connectivity index (χ0v) is 14.4. The first kappa shape index (κ1) is 16.9. The highest BCUT2D eigenvalue weighted by molar-refractivity contribution is 5.28. The summed E-state index contributed by atoms with van der Waals surface area (Å²) in [5, 5.41) is 11.0. The van der Waals surface area contributed by atoms with Gasteiger partial charge in [-0.2, -0.15) is 0 Å². The average Bonchev–Trinajstić information content (AvgIpc) is 3.05. The highest BCUT2D eigenvalue weighted by Crippen LogP contribution is 2.44. The number of hydrogen-bond donors (Lipinski definition) is 1. The molecule has 0 unspecified atom stereocenters. The third kappa shape index (κ3) is 3.61. The number of rotatable bonds is 5. The number of benzene rings is 1. The molecule has 0 radical (unpaired) electrons. The van der Waals surface area contributed by atoms with E-state index >= 15 is 0 Å². The third-order valence-corrected chi connectivity index (χ3v) is 5.44. The molecular formula is C19H29NO3. The average molecular weight is 319 g/mol. The summed E-state index contributed by atoms with van der Waals surface area (Å²) < 4.78 is 11.5. The Morgan fingerprint density at radius 3 is 2.04 bits per heavy atom. The van der Waals surface area contributed by atoms with E-state index in [1.807, 2.05) is 0 Å². The summed E-state index contributed by atoms with van der Waals surface area (Å²) >= 11 is 0. The molecule has 1 aliphatic heterocycles. The summed E-state index contributed by atoms with van der Waals surface area (Å²) in [5.41, 5.74) is 1.58. The third-order valence-electron chi connectivity index (χ3n) is 5.44. The zero-order chi connectivity index (χ0) is 16.3. The second kappa shape index (κ2) is 6.89. The molecule has 128 valence electrons. The Labute approximate surface area is 139 Å². The van der Waals surface area contributed by atoms with Gasteiger partial charge in [-0.15, -0.1) is 0 Å². The molecular weight excluding hydrogens is 290 g/mol. The van der Waals surface area contributed by atoms with Crippen molar-refractivity contribution in [2.75, 3.05) is 26.3 Å². The van der Waals surface area contributed by atoms with E-state index in [9.17, 15) is 5.11 Å². The molecule has 1 N–H and O–H groups in total. The van der Waals surface area contributed by atoms with Crippen LogP contribution in [0.4, 0.5) is 0 Å². The van der Waals surface area contributed by atoms with Crippen molar-refractivity contribution in [2.45, 2.75) is 57.5 Å². The van der Waals surface area contributed by atoms with Crippen LogP contribution in [-0.4, -0.2) is 42.1 Å². The molecule has 2 fully saturated rings. The molecule has 0 amide bonds. The van der Waals surface area contributed by atoms with E-state index in [2.05, 4.69) is 43.0 Å². The van der Waals surface area contributed by atoms with Crippen molar-refractivity contribution in [3.63, 3.8) is 0 Å². The molecule has 1 saturated heterocycles. The van der Waals surface area contributed by atoms with Crippen LogP contribution in [0.1, 0.15) is 50.7 Å². The van der Waals surface area contributed by atoms with Crippen molar-refractivity contribution in [2.24, 2.45) is 0 Å². The van der Waals surface area contributed by atoms with Gasteiger partial charge in [-0.3, -0.25) is 4.90 Å². The van der Waals surface area contributed by atoms with Crippen LogP contribution in [0, 0.1) is 0 Å². The summed E-state index contributed by atoms with van der Waals surface area (Å²) in [7, 11) is 0. The van der Waals surface area contributed by atoms with E-state index in [0.717, 1.165) is 38.0 Å². The number of aliphatic hydroxyl groups is 1. The van der Waals surface area contributed by atoms with Gasteiger partial charge in [0.15, 0.2) is 5.79 Å². The minimum Gasteiger partial charge on any atom is -0.385 e. The van der Waals surface area contributed by atoms with Crippen LogP contribution in [0.15, 0.2) is 24.3 Å². The molecule has 1 aromatic rings. The molecule has 0 aromatic heterocycles. The van der Waals surface area contributed by atoms with Crippen LogP contribution < -0.4 is 0 Å². The second-order valence-electron chi connectivity index (χ2n) is 6.80. The van der Waals surface area contributed by atoms with E-state index < -0.39 is 11.4 Å². The smallest absolute Gasteiger partial charge is 0.168 e. The summed E-state index contributed by atoms with van der Waals surface area (Å²) in [6.45, 7) is 8.82. The zero-order valence-electron chi connectivity index (χ0n) is 14.4. The van der Waals surface area contributed by atoms with E-state index in [-0.39, 0.29) is 0 Å². The molecule has 1 aromatic carbocycles. The van der Waals surface area contributed by atoms with Crippen LogP contribution in [0.2, 0.25) is 0 Å². The quantitative estimate of drug-likeness (QED) is 0.906. The Kier molecular flexibility index (Phi) is 5.07. The highest BCUT2D eigenvalue weighted by atomic mass is 16.7. The first-order valence-corrected chi connectivity index (χ1v) is 8.91. The number of hydrogen-bond acceptors (Lipinski definition) is 4. The summed E-state index contributed by atoms with van der Waals surface area (Å²) in [6.07, 6.45) is 2.93. The van der Waals surface area contributed by atoms with Crippen LogP contribution in [-0.2, 0) is 21.6 Å². The molecule has 1 aliphatic carbocycles. The fourth-order valence-corrected chi connectivity index (χ4v) is 3.74. The lowest BCUT2D eigenvalue weighted by molar-refractivity contribution is -0.204. The molecule has 0 bridgehead atoms. The number of nitrogens with zero attached hydrogens (tertiary/aromatic N) is 1. The van der Waals surface area contributed by atoms with Crippen molar-refractivity contribution in [3.05, 3.63) is 35.4 Å². The molecule has 1 saturated carbocycles. The molecule has 1 spiro atoms. The normalized spacial score (nSPS) is 22.8. The summed E-state index contributed by atoms with van der Waals surface area (Å²) in [4.78, 5) is 2.39. The van der Waals surface area contributed by atoms with Gasteiger partial charge in [0.2, 0.25) is 0 Å². The Morgan fingerprint density at radius 1 is 0.957 bits per heavy atom. The second-order valence-corrected chi connectivity index (χ2v) is 6.80. The fraction of sp³-hybridized carbons (Fsp3) is 0.684. The van der Waals surface area contributed by atoms with Gasteiger partial charge in [-0.25, -0.2) is 0 Å². The summed E-state index contributed by atoms with van der Waals surface area (Å²) in [5.74, 6) is -0.422. The molecule has 2 aliphatic rings. The molecule has 0 atom stereocenters. The van der Waals surface area contributed by atoms with E-state index in [1.54, 1.807) is 0 Å². The van der Waals surface area contributed by atoms with Gasteiger partial charge in [0.25, 0.3) is 0 Å². The Hall–Kier alpha value is -0.940. The summed E-state index contributed by atoms with van der Waals surface area (Å²) in [6, 6.07) is 8.48. The lowest BCUT2D eigenvalue weighted by Crippen LogP contribution is -2.42. The molecule has 3 rings (SSSR count). The van der Waals surface area contributed by atoms with Gasteiger partial charge in [-0.05, 0) is 37.1 Å². The minimum atomic E-state index is -0.742. The Morgan fingerprint density at radius 2 is 1.52 bits per heavy atom. The first-order chi connectivity index (χ1) is 11.1. The fourth-order valence-electron chi connectivity index (χ4n) is 3.74. The van der Waals surface area contributed by atoms with Crippen molar-refractivity contribution < 1.29 is 14.6 Å². The number of ether oxygens (including phenoxy) is 2. The monoisotopic (exact) mass is 319 g/mol. The lowest BCUT2D eigenvalue weighted by atomic mass is 9.77. The van der Waals surface area contributed by atoms with Crippen molar-refractivity contribution in [3.8, 4) is 0 Å². The highest BCUT2D eigenvalue weighted by Gasteiger charge is 2.46. The molecule has 23 heavy (non-hydrogen) atoms. The van der Waals surface area contributed by atoms with Crippen LogP contribution in [0.5, 0.6) is 0 Å². The largest absolute Gasteiger partial charge is 0.385 e. The topological polar surface area (TPSA) is 41.9 Å². The van der Waals surface area contributed by atoms with E-state index in [0.29, 0.717) is 26.1 Å².